The minimum atomic E-state index is -0.127. The molecule has 26 heavy (non-hydrogen) atoms. The summed E-state index contributed by atoms with van der Waals surface area (Å²) >= 11 is 4.44. The Kier molecular flexibility index (Phi) is 17.8. The van der Waals surface area contributed by atoms with Crippen LogP contribution in [0.1, 0.15) is 38.8 Å². The fourth-order valence-corrected chi connectivity index (χ4v) is 2.06. The van der Waals surface area contributed by atoms with Gasteiger partial charge in [-0.2, -0.15) is 71.8 Å². The summed E-state index contributed by atoms with van der Waals surface area (Å²) < 4.78 is 0. The molecule has 0 aromatic heterocycles. The maximum absolute atomic E-state index is 5.85. The second-order valence-electron chi connectivity index (χ2n) is 7.11. The van der Waals surface area contributed by atoms with Gasteiger partial charge in [-0.1, -0.05) is 0 Å². The van der Waals surface area contributed by atoms with Crippen molar-refractivity contribution in [2.45, 2.75) is 51.6 Å². The van der Waals surface area contributed by atoms with Crippen molar-refractivity contribution in [2.75, 3.05) is 0 Å². The Labute approximate surface area is 189 Å². The Morgan fingerprint density at radius 2 is 1.04 bits per heavy atom. The molecule has 152 valence electrons. The number of rotatable bonds is 4. The van der Waals surface area contributed by atoms with Crippen molar-refractivity contribution in [3.8, 4) is 0 Å². The molecule has 2 nitrogen and oxygen atoms in total. The van der Waals surface area contributed by atoms with Gasteiger partial charge in [-0.15, -0.1) is 0 Å². The van der Waals surface area contributed by atoms with Crippen molar-refractivity contribution >= 4 is 19.1 Å². The molecule has 0 aliphatic heterocycles. The van der Waals surface area contributed by atoms with Crippen LogP contribution < -0.4 is 11.5 Å². The van der Waals surface area contributed by atoms with E-state index >= 15 is 0 Å². The number of hydrogen-bond donors (Lipinski definition) is 2. The molecule has 0 heterocycles. The van der Waals surface area contributed by atoms with E-state index in [1.807, 2.05) is 64.1 Å². The van der Waals surface area contributed by atoms with Crippen LogP contribution in [-0.2, 0) is 49.2 Å². The van der Waals surface area contributed by atoms with Crippen LogP contribution in [0.5, 0.6) is 0 Å². The van der Waals surface area contributed by atoms with E-state index in [0.29, 0.717) is 0 Å². The average molecular weight is 580 g/mol. The maximum atomic E-state index is 5.85. The van der Waals surface area contributed by atoms with Crippen molar-refractivity contribution in [3.05, 3.63) is 71.8 Å². The van der Waals surface area contributed by atoms with E-state index < -0.39 is 0 Å². The van der Waals surface area contributed by atoms with Gasteiger partial charge in [0, 0.05) is 11.1 Å². The van der Waals surface area contributed by atoms with Gasteiger partial charge in [-0.3, -0.25) is 0 Å². The van der Waals surface area contributed by atoms with E-state index in [4.69, 9.17) is 11.5 Å². The topological polar surface area (TPSA) is 52.0 Å². The van der Waals surface area contributed by atoms with E-state index in [1.165, 1.54) is 11.1 Å². The monoisotopic (exact) mass is 578 g/mol. The zero-order valence-electron chi connectivity index (χ0n) is 15.6. The number of nitrogens with two attached hydrogens (primary N) is 2. The van der Waals surface area contributed by atoms with Crippen LogP contribution in [0.25, 0.3) is 0 Å². The van der Waals surface area contributed by atoms with Crippen molar-refractivity contribution in [2.24, 2.45) is 11.5 Å². The van der Waals surface area contributed by atoms with Gasteiger partial charge in [-0.05, 0) is 40.5 Å². The molecule has 0 fully saturated rings. The van der Waals surface area contributed by atoms with Crippen LogP contribution >= 0.6 is 19.1 Å². The number of hydrogen-bond acceptors (Lipinski definition) is 2. The van der Waals surface area contributed by atoms with Gasteiger partial charge >= 0.3 is 55.4 Å². The third-order valence-corrected chi connectivity index (χ3v) is 2.84. The first-order chi connectivity index (χ1) is 12.2. The molecule has 0 aliphatic rings. The zero-order valence-corrected chi connectivity index (χ0v) is 20.2. The summed E-state index contributed by atoms with van der Waals surface area (Å²) in [6.07, 6.45) is 1.77. The van der Waals surface area contributed by atoms with Crippen LogP contribution in [-0.4, -0.2) is 11.1 Å². The van der Waals surface area contributed by atoms with Gasteiger partial charge in [0.2, 0.25) is 0 Å². The Morgan fingerprint density at radius 3 is 1.23 bits per heavy atom. The van der Waals surface area contributed by atoms with Crippen molar-refractivity contribution < 1.29 is 36.4 Å². The van der Waals surface area contributed by atoms with Crippen LogP contribution in [0.2, 0.25) is 0 Å². The summed E-state index contributed by atoms with van der Waals surface area (Å²) in [5, 5.41) is 0. The van der Waals surface area contributed by atoms with Crippen molar-refractivity contribution in [1.29, 1.82) is 0 Å². The standard InChI is InChI=1S/2C10H14N.2ClH.2Pd/c2*1-10(2,11)8-9-6-4-3-5-7-9;;;;/h2*3-6H,8,11H2,1-2H3;2*1H;;/q2*-1;;;2*+2/p-2. The Morgan fingerprint density at radius 1 is 0.731 bits per heavy atom. The molecule has 0 amide bonds. The Hall–Kier alpha value is 0.265. The summed E-state index contributed by atoms with van der Waals surface area (Å²) in [6.45, 7) is 8.09. The summed E-state index contributed by atoms with van der Waals surface area (Å²) in [5.41, 5.74) is 13.8. The van der Waals surface area contributed by atoms with Gasteiger partial charge in [0.15, 0.2) is 0 Å². The van der Waals surface area contributed by atoms with Gasteiger partial charge in [0.05, 0.1) is 0 Å². The first kappa shape index (κ1) is 28.5. The molecule has 0 spiro atoms. The SMILES string of the molecule is CC(C)(N)Cc1[c-]cccc1.CC(C)(N)Cc1[c-]cccc1.[Cl][Pd+].[Cl][Pd+]. The van der Waals surface area contributed by atoms with E-state index in [0.717, 1.165) is 12.8 Å². The molecular weight excluding hydrogens is 552 g/mol. The predicted molar refractivity (Wildman–Crippen MR) is 106 cm³/mol. The van der Waals surface area contributed by atoms with E-state index in [-0.39, 0.29) is 11.1 Å². The average Bonchev–Trinajstić information content (AvgIpc) is 2.58. The summed E-state index contributed by atoms with van der Waals surface area (Å²) in [5.74, 6) is 0. The molecule has 6 heteroatoms. The quantitative estimate of drug-likeness (QED) is 0.400. The molecule has 2 aromatic rings. The van der Waals surface area contributed by atoms with Gasteiger partial charge in [0.1, 0.15) is 0 Å². The zero-order chi connectivity index (χ0) is 20.6. The fraction of sp³-hybridized carbons (Fsp3) is 0.400. The molecule has 2 aromatic carbocycles. The van der Waals surface area contributed by atoms with Crippen LogP contribution in [0.15, 0.2) is 48.5 Å². The summed E-state index contributed by atoms with van der Waals surface area (Å²) in [6, 6.07) is 22.2. The predicted octanol–water partition coefficient (Wildman–Crippen LogP) is 4.91. The van der Waals surface area contributed by atoms with E-state index in [2.05, 4.69) is 79.7 Å². The second kappa shape index (κ2) is 16.2. The van der Waals surface area contributed by atoms with Crippen molar-refractivity contribution in [3.63, 3.8) is 0 Å². The third kappa shape index (κ3) is 19.0. The molecular formula is C20H28Cl2N2Pd2. The molecule has 4 N–H and O–H groups in total. The number of benzene rings is 2. The summed E-state index contributed by atoms with van der Waals surface area (Å²) in [4.78, 5) is 0. The molecule has 0 saturated heterocycles. The third-order valence-electron chi connectivity index (χ3n) is 2.84. The van der Waals surface area contributed by atoms with E-state index in [1.54, 1.807) is 0 Å². The van der Waals surface area contributed by atoms with Crippen LogP contribution in [0.3, 0.4) is 0 Å². The summed E-state index contributed by atoms with van der Waals surface area (Å²) in [7, 11) is 8.98. The van der Waals surface area contributed by atoms with Crippen LogP contribution in [0, 0.1) is 12.1 Å². The van der Waals surface area contributed by atoms with Crippen LogP contribution in [0.4, 0.5) is 0 Å². The first-order valence-electron chi connectivity index (χ1n) is 7.89. The first-order valence-corrected chi connectivity index (χ1v) is 11.9. The molecule has 2 rings (SSSR count). The normalized spacial score (nSPS) is 10.3. The molecule has 0 atom stereocenters. The van der Waals surface area contributed by atoms with Crippen molar-refractivity contribution in [1.82, 2.24) is 0 Å². The van der Waals surface area contributed by atoms with Gasteiger partial charge < -0.3 is 11.5 Å². The minimum absolute atomic E-state index is 0.127. The second-order valence-corrected chi connectivity index (χ2v) is 7.11. The molecule has 0 radical (unpaired) electrons. The van der Waals surface area contributed by atoms with Gasteiger partial charge in [0.25, 0.3) is 0 Å². The molecule has 0 unspecified atom stereocenters. The Balaban J connectivity index is 0. The van der Waals surface area contributed by atoms with Gasteiger partial charge in [-0.25, -0.2) is 0 Å². The molecule has 0 aliphatic carbocycles. The molecule has 0 bridgehead atoms. The number of halogens is 2. The Bertz CT molecular complexity index is 488. The van der Waals surface area contributed by atoms with E-state index in [9.17, 15) is 0 Å². The fourth-order valence-electron chi connectivity index (χ4n) is 2.06. The molecule has 0 saturated carbocycles.